The third-order valence-electron chi connectivity index (χ3n) is 6.30. The Bertz CT molecular complexity index is 1460. The van der Waals surface area contributed by atoms with Crippen LogP contribution >= 0.6 is 11.3 Å². The minimum Gasteiger partial charge on any atom is -0.251 e. The summed E-state index contributed by atoms with van der Waals surface area (Å²) in [4.78, 5) is 9.42. The van der Waals surface area contributed by atoms with Crippen molar-refractivity contribution in [2.24, 2.45) is 0 Å². The third-order valence-corrected chi connectivity index (χ3v) is 7.63. The highest BCUT2D eigenvalue weighted by Crippen LogP contribution is 2.42. The van der Waals surface area contributed by atoms with E-state index in [2.05, 4.69) is 81.2 Å². The van der Waals surface area contributed by atoms with E-state index in [9.17, 15) is 4.39 Å². The first-order valence-electron chi connectivity index (χ1n) is 11.1. The van der Waals surface area contributed by atoms with Crippen LogP contribution < -0.4 is 0 Å². The quantitative estimate of drug-likeness (QED) is 0.280. The van der Waals surface area contributed by atoms with Gasteiger partial charge in [-0.2, -0.15) is 0 Å². The summed E-state index contributed by atoms with van der Waals surface area (Å²) in [5.41, 5.74) is 6.91. The number of alkyl halides is 1. The van der Waals surface area contributed by atoms with Gasteiger partial charge in [-0.05, 0) is 64.8 Å². The molecule has 0 atom stereocenters. The summed E-state index contributed by atoms with van der Waals surface area (Å²) in [5.74, 6) is 0. The minimum atomic E-state index is -0.280. The Kier molecular flexibility index (Phi) is 5.21. The fraction of sp³-hybridized carbons (Fsp3) is 0.286. The maximum atomic E-state index is 12.7. The van der Waals surface area contributed by atoms with E-state index in [0.29, 0.717) is 6.42 Å². The second-order valence-corrected chi connectivity index (χ2v) is 10.5. The van der Waals surface area contributed by atoms with E-state index in [1.165, 1.54) is 32.2 Å². The Morgan fingerprint density at radius 3 is 2.53 bits per heavy atom. The molecular formula is C28H27FN2S. The number of benzene rings is 3. The Hall–Kier alpha value is -2.85. The Morgan fingerprint density at radius 2 is 1.75 bits per heavy atom. The van der Waals surface area contributed by atoms with Crippen molar-refractivity contribution >= 4 is 42.4 Å². The van der Waals surface area contributed by atoms with Crippen LogP contribution in [0.3, 0.4) is 0 Å². The van der Waals surface area contributed by atoms with Gasteiger partial charge < -0.3 is 0 Å². The predicted octanol–water partition coefficient (Wildman–Crippen LogP) is 8.17. The molecule has 2 aromatic heterocycles. The molecule has 0 unspecified atom stereocenters. The standard InChI is InChI=1S/C28H27FN2S/c1-17-18(9-7-13-29)11-12-22-25-27(32-26(17)22)24(30-16-31-25)20-14-19-8-5-6-10-21(19)23(15-20)28(2,3)4/h5-6,8,10-12,14-16H,7,9,13H2,1-4H3. The molecule has 2 heterocycles. The number of halogens is 1. The number of hydrogen-bond donors (Lipinski definition) is 0. The number of hydrogen-bond acceptors (Lipinski definition) is 3. The van der Waals surface area contributed by atoms with E-state index < -0.39 is 0 Å². The van der Waals surface area contributed by atoms with Gasteiger partial charge in [-0.15, -0.1) is 11.3 Å². The minimum absolute atomic E-state index is 0.0177. The summed E-state index contributed by atoms with van der Waals surface area (Å²) in [7, 11) is 0. The second-order valence-electron chi connectivity index (χ2n) is 9.52. The second kappa shape index (κ2) is 7.93. The summed E-state index contributed by atoms with van der Waals surface area (Å²) >= 11 is 1.76. The lowest BCUT2D eigenvalue weighted by Crippen LogP contribution is -2.12. The molecule has 0 aliphatic carbocycles. The van der Waals surface area contributed by atoms with Crippen molar-refractivity contribution in [3.8, 4) is 11.3 Å². The first-order valence-corrected chi connectivity index (χ1v) is 12.0. The van der Waals surface area contributed by atoms with Gasteiger partial charge in [0.15, 0.2) is 0 Å². The zero-order valence-corrected chi connectivity index (χ0v) is 19.8. The average molecular weight is 443 g/mol. The van der Waals surface area contributed by atoms with Gasteiger partial charge in [-0.25, -0.2) is 9.97 Å². The molecule has 4 heteroatoms. The van der Waals surface area contributed by atoms with Crippen LogP contribution in [0.2, 0.25) is 0 Å². The fourth-order valence-electron chi connectivity index (χ4n) is 4.62. The van der Waals surface area contributed by atoms with Crippen molar-refractivity contribution in [3.63, 3.8) is 0 Å². The molecule has 0 aliphatic rings. The molecule has 0 amide bonds. The van der Waals surface area contributed by atoms with Crippen LogP contribution in [0.4, 0.5) is 4.39 Å². The smallest absolute Gasteiger partial charge is 0.116 e. The lowest BCUT2D eigenvalue weighted by atomic mass is 9.82. The number of aryl methyl sites for hydroxylation is 2. The summed E-state index contributed by atoms with van der Waals surface area (Å²) in [5, 5.41) is 3.68. The zero-order valence-electron chi connectivity index (χ0n) is 19.0. The molecule has 2 nitrogen and oxygen atoms in total. The largest absolute Gasteiger partial charge is 0.251 e. The van der Waals surface area contributed by atoms with Crippen LogP contribution in [0.15, 0.2) is 54.9 Å². The normalized spacial score (nSPS) is 12.3. The van der Waals surface area contributed by atoms with Gasteiger partial charge in [0.05, 0.1) is 22.6 Å². The number of fused-ring (bicyclic) bond motifs is 4. The van der Waals surface area contributed by atoms with Crippen LogP contribution in [-0.4, -0.2) is 16.6 Å². The van der Waals surface area contributed by atoms with E-state index in [1.807, 2.05) is 0 Å². The maximum absolute atomic E-state index is 12.7. The third kappa shape index (κ3) is 3.47. The Morgan fingerprint density at radius 1 is 0.938 bits per heavy atom. The molecule has 162 valence electrons. The summed E-state index contributed by atoms with van der Waals surface area (Å²) in [6, 6.07) is 17.4. The summed E-state index contributed by atoms with van der Waals surface area (Å²) in [6.45, 7) is 8.64. The van der Waals surface area contributed by atoms with E-state index in [-0.39, 0.29) is 12.1 Å². The number of thiophene rings is 1. The van der Waals surface area contributed by atoms with Crippen molar-refractivity contribution in [2.75, 3.05) is 6.67 Å². The molecule has 5 aromatic rings. The van der Waals surface area contributed by atoms with Gasteiger partial charge in [0.2, 0.25) is 0 Å². The molecule has 0 aliphatic heterocycles. The monoisotopic (exact) mass is 442 g/mol. The molecule has 5 rings (SSSR count). The van der Waals surface area contributed by atoms with Crippen molar-refractivity contribution in [3.05, 3.63) is 71.5 Å². The first kappa shape index (κ1) is 21.0. The summed E-state index contributed by atoms with van der Waals surface area (Å²) in [6.07, 6.45) is 3.02. The molecule has 0 bridgehead atoms. The van der Waals surface area contributed by atoms with E-state index in [4.69, 9.17) is 4.98 Å². The molecular weight excluding hydrogens is 415 g/mol. The van der Waals surface area contributed by atoms with Crippen molar-refractivity contribution in [1.29, 1.82) is 0 Å². The Balaban J connectivity index is 1.77. The number of aromatic nitrogens is 2. The van der Waals surface area contributed by atoms with Gasteiger partial charge in [0, 0.05) is 15.6 Å². The molecule has 0 saturated heterocycles. The highest BCUT2D eigenvalue weighted by Gasteiger charge is 2.21. The molecule has 3 aromatic carbocycles. The lowest BCUT2D eigenvalue weighted by molar-refractivity contribution is 0.473. The van der Waals surface area contributed by atoms with Gasteiger partial charge in [0.1, 0.15) is 6.33 Å². The lowest BCUT2D eigenvalue weighted by Gasteiger charge is -2.22. The highest BCUT2D eigenvalue weighted by atomic mass is 32.1. The van der Waals surface area contributed by atoms with Gasteiger partial charge in [0.25, 0.3) is 0 Å². The number of nitrogens with zero attached hydrogens (tertiary/aromatic N) is 2. The Labute approximate surface area is 192 Å². The summed E-state index contributed by atoms with van der Waals surface area (Å²) < 4.78 is 15.1. The van der Waals surface area contributed by atoms with E-state index in [0.717, 1.165) is 33.3 Å². The zero-order chi connectivity index (χ0) is 22.5. The van der Waals surface area contributed by atoms with Crippen molar-refractivity contribution in [1.82, 2.24) is 9.97 Å². The van der Waals surface area contributed by atoms with E-state index >= 15 is 0 Å². The fourth-order valence-corrected chi connectivity index (χ4v) is 5.91. The predicted molar refractivity (Wildman–Crippen MR) is 136 cm³/mol. The molecule has 0 saturated carbocycles. The molecule has 0 N–H and O–H groups in total. The van der Waals surface area contributed by atoms with Crippen molar-refractivity contribution < 1.29 is 4.39 Å². The maximum Gasteiger partial charge on any atom is 0.116 e. The number of rotatable bonds is 4. The van der Waals surface area contributed by atoms with Gasteiger partial charge in [-0.1, -0.05) is 57.2 Å². The van der Waals surface area contributed by atoms with Crippen LogP contribution in [0, 0.1) is 6.92 Å². The SMILES string of the molecule is Cc1c(CCCF)ccc2c1sc1c(-c3cc(C(C)(C)C)c4ccccc4c3)ncnc12. The van der Waals surface area contributed by atoms with Crippen molar-refractivity contribution in [2.45, 2.75) is 46.0 Å². The van der Waals surface area contributed by atoms with Crippen LogP contribution in [0.1, 0.15) is 43.9 Å². The van der Waals surface area contributed by atoms with Crippen LogP contribution in [-0.2, 0) is 11.8 Å². The highest BCUT2D eigenvalue weighted by molar-refractivity contribution is 7.26. The topological polar surface area (TPSA) is 25.8 Å². The molecule has 0 fully saturated rings. The van der Waals surface area contributed by atoms with Gasteiger partial charge >= 0.3 is 0 Å². The van der Waals surface area contributed by atoms with Crippen LogP contribution in [0.25, 0.3) is 42.3 Å². The molecule has 0 spiro atoms. The van der Waals surface area contributed by atoms with E-state index in [1.54, 1.807) is 17.7 Å². The van der Waals surface area contributed by atoms with Crippen LogP contribution in [0.5, 0.6) is 0 Å². The first-order chi connectivity index (χ1) is 15.4. The molecule has 0 radical (unpaired) electrons. The average Bonchev–Trinajstić information content (AvgIpc) is 3.17. The van der Waals surface area contributed by atoms with Gasteiger partial charge in [-0.3, -0.25) is 4.39 Å². The molecule has 32 heavy (non-hydrogen) atoms.